The molecule has 0 heterocycles. The number of esters is 1. The molecule has 6 nitrogen and oxygen atoms in total. The standard InChI is InChI=1S/C19H20Cl2N2O4/c1-3-26-18-9-13(7-8-17(18)27-12-19(24)25-2)10-22-23-11-14-15(20)5-4-6-16(14)21/h4-10,23H,3,11-12H2,1-2H3/b22-10+. The van der Waals surface area contributed by atoms with Crippen LogP contribution in [-0.4, -0.2) is 32.5 Å². The Morgan fingerprint density at radius 1 is 1.15 bits per heavy atom. The first-order valence-corrected chi connectivity index (χ1v) is 8.96. The minimum Gasteiger partial charge on any atom is -0.490 e. The molecule has 27 heavy (non-hydrogen) atoms. The zero-order valence-electron chi connectivity index (χ0n) is 15.0. The number of hydrogen-bond acceptors (Lipinski definition) is 6. The van der Waals surface area contributed by atoms with E-state index in [0.29, 0.717) is 34.7 Å². The molecule has 0 unspecified atom stereocenters. The molecule has 2 rings (SSSR count). The van der Waals surface area contributed by atoms with Crippen LogP contribution >= 0.6 is 23.2 Å². The van der Waals surface area contributed by atoms with Crippen molar-refractivity contribution in [2.45, 2.75) is 13.5 Å². The molecule has 2 aromatic rings. The Labute approximate surface area is 168 Å². The van der Waals surface area contributed by atoms with Gasteiger partial charge in [-0.15, -0.1) is 0 Å². The highest BCUT2D eigenvalue weighted by Crippen LogP contribution is 2.28. The molecule has 0 fully saturated rings. The highest BCUT2D eigenvalue weighted by molar-refractivity contribution is 6.35. The van der Waals surface area contributed by atoms with Gasteiger partial charge in [0.2, 0.25) is 0 Å². The van der Waals surface area contributed by atoms with Gasteiger partial charge < -0.3 is 19.6 Å². The molecule has 8 heteroatoms. The number of ether oxygens (including phenoxy) is 3. The number of carbonyl (C=O) groups excluding carboxylic acids is 1. The van der Waals surface area contributed by atoms with Crippen molar-refractivity contribution in [2.24, 2.45) is 5.10 Å². The van der Waals surface area contributed by atoms with E-state index in [1.54, 1.807) is 42.6 Å². The summed E-state index contributed by atoms with van der Waals surface area (Å²) in [4.78, 5) is 11.2. The molecule has 0 amide bonds. The second-order valence-corrected chi connectivity index (χ2v) is 6.11. The monoisotopic (exact) mass is 410 g/mol. The summed E-state index contributed by atoms with van der Waals surface area (Å²) in [5.41, 5.74) is 4.48. The van der Waals surface area contributed by atoms with Crippen molar-refractivity contribution in [3.63, 3.8) is 0 Å². The Morgan fingerprint density at radius 3 is 2.56 bits per heavy atom. The van der Waals surface area contributed by atoms with Gasteiger partial charge in [-0.1, -0.05) is 29.3 Å². The Kier molecular flexibility index (Phi) is 8.23. The molecule has 0 aliphatic rings. The second-order valence-electron chi connectivity index (χ2n) is 5.30. The van der Waals surface area contributed by atoms with E-state index >= 15 is 0 Å². The van der Waals surface area contributed by atoms with Gasteiger partial charge in [-0.05, 0) is 42.8 Å². The fourth-order valence-electron chi connectivity index (χ4n) is 2.13. The number of rotatable bonds is 9. The molecule has 0 aliphatic carbocycles. The number of hydrazone groups is 1. The van der Waals surface area contributed by atoms with E-state index in [1.165, 1.54) is 7.11 Å². The first kappa shape index (κ1) is 20.9. The molecular weight excluding hydrogens is 391 g/mol. The molecule has 0 radical (unpaired) electrons. The summed E-state index contributed by atoms with van der Waals surface area (Å²) >= 11 is 12.2. The van der Waals surface area contributed by atoms with Gasteiger partial charge in [0.25, 0.3) is 0 Å². The van der Waals surface area contributed by atoms with Crippen LogP contribution in [0.5, 0.6) is 11.5 Å². The zero-order valence-corrected chi connectivity index (χ0v) is 16.5. The second kappa shape index (κ2) is 10.6. The largest absolute Gasteiger partial charge is 0.490 e. The minimum absolute atomic E-state index is 0.190. The van der Waals surface area contributed by atoms with Crippen LogP contribution in [-0.2, 0) is 16.1 Å². The summed E-state index contributed by atoms with van der Waals surface area (Å²) in [7, 11) is 1.30. The maximum atomic E-state index is 11.2. The number of methoxy groups -OCH3 is 1. The van der Waals surface area contributed by atoms with Crippen LogP contribution < -0.4 is 14.9 Å². The molecule has 0 saturated heterocycles. The van der Waals surface area contributed by atoms with E-state index in [-0.39, 0.29) is 6.61 Å². The summed E-state index contributed by atoms with van der Waals surface area (Å²) < 4.78 is 15.5. The maximum Gasteiger partial charge on any atom is 0.343 e. The van der Waals surface area contributed by atoms with E-state index in [0.717, 1.165) is 11.1 Å². The van der Waals surface area contributed by atoms with Crippen molar-refractivity contribution in [3.05, 3.63) is 57.6 Å². The zero-order chi connectivity index (χ0) is 19.6. The van der Waals surface area contributed by atoms with Gasteiger partial charge in [0.15, 0.2) is 18.1 Å². The van der Waals surface area contributed by atoms with Crippen LogP contribution in [0.15, 0.2) is 41.5 Å². The molecular formula is C19H20Cl2N2O4. The van der Waals surface area contributed by atoms with Gasteiger partial charge in [-0.25, -0.2) is 4.79 Å². The van der Waals surface area contributed by atoms with Gasteiger partial charge in [-0.3, -0.25) is 0 Å². The Hall–Kier alpha value is -2.44. The lowest BCUT2D eigenvalue weighted by Gasteiger charge is -2.11. The molecule has 0 atom stereocenters. The van der Waals surface area contributed by atoms with Gasteiger partial charge in [0.1, 0.15) is 0 Å². The van der Waals surface area contributed by atoms with Gasteiger partial charge >= 0.3 is 5.97 Å². The normalized spacial score (nSPS) is 10.7. The number of halogens is 2. The highest BCUT2D eigenvalue weighted by Gasteiger charge is 2.09. The average molecular weight is 411 g/mol. The molecule has 0 aliphatic heterocycles. The van der Waals surface area contributed by atoms with Crippen LogP contribution in [0.3, 0.4) is 0 Å². The first-order chi connectivity index (χ1) is 13.0. The van der Waals surface area contributed by atoms with Crippen molar-refractivity contribution >= 4 is 35.4 Å². The molecule has 144 valence electrons. The predicted octanol–water partition coefficient (Wildman–Crippen LogP) is 4.07. The predicted molar refractivity (Wildman–Crippen MR) is 106 cm³/mol. The van der Waals surface area contributed by atoms with Crippen molar-refractivity contribution in [3.8, 4) is 11.5 Å². The van der Waals surface area contributed by atoms with E-state index in [2.05, 4.69) is 15.3 Å². The topological polar surface area (TPSA) is 69.1 Å². The number of nitrogens with one attached hydrogen (secondary N) is 1. The number of hydrogen-bond donors (Lipinski definition) is 1. The van der Waals surface area contributed by atoms with Crippen LogP contribution in [0.4, 0.5) is 0 Å². The Morgan fingerprint density at radius 2 is 1.89 bits per heavy atom. The first-order valence-electron chi connectivity index (χ1n) is 8.20. The summed E-state index contributed by atoms with van der Waals surface area (Å²) in [6.45, 7) is 2.52. The molecule has 1 N–H and O–H groups in total. The molecule has 0 aromatic heterocycles. The third-order valence-electron chi connectivity index (χ3n) is 3.46. The van der Waals surface area contributed by atoms with Crippen molar-refractivity contribution in [1.29, 1.82) is 0 Å². The molecule has 2 aromatic carbocycles. The Balaban J connectivity index is 2.02. The van der Waals surface area contributed by atoms with Crippen LogP contribution in [0.1, 0.15) is 18.1 Å². The minimum atomic E-state index is -0.467. The quantitative estimate of drug-likeness (QED) is 0.383. The van der Waals surface area contributed by atoms with Crippen LogP contribution in [0, 0.1) is 0 Å². The molecule has 0 saturated carbocycles. The Bertz CT molecular complexity index is 792. The van der Waals surface area contributed by atoms with E-state index < -0.39 is 5.97 Å². The molecule has 0 bridgehead atoms. The lowest BCUT2D eigenvalue weighted by atomic mass is 10.2. The fourth-order valence-corrected chi connectivity index (χ4v) is 2.67. The van der Waals surface area contributed by atoms with E-state index in [1.807, 2.05) is 6.92 Å². The fraction of sp³-hybridized carbons (Fsp3) is 0.263. The lowest BCUT2D eigenvalue weighted by molar-refractivity contribution is -0.142. The van der Waals surface area contributed by atoms with Crippen LogP contribution in [0.25, 0.3) is 0 Å². The molecule has 0 spiro atoms. The van der Waals surface area contributed by atoms with E-state index in [4.69, 9.17) is 32.7 Å². The summed E-state index contributed by atoms with van der Waals surface area (Å²) in [5.74, 6) is 0.500. The summed E-state index contributed by atoms with van der Waals surface area (Å²) in [6, 6.07) is 10.6. The third-order valence-corrected chi connectivity index (χ3v) is 4.17. The van der Waals surface area contributed by atoms with Crippen LogP contribution in [0.2, 0.25) is 10.0 Å². The average Bonchev–Trinajstić information content (AvgIpc) is 2.66. The van der Waals surface area contributed by atoms with Crippen molar-refractivity contribution in [1.82, 2.24) is 5.43 Å². The van der Waals surface area contributed by atoms with Gasteiger partial charge in [0.05, 0.1) is 26.5 Å². The van der Waals surface area contributed by atoms with Gasteiger partial charge in [-0.2, -0.15) is 5.10 Å². The number of nitrogens with zero attached hydrogens (tertiary/aromatic N) is 1. The maximum absolute atomic E-state index is 11.2. The SMILES string of the molecule is CCOc1cc(/C=N/NCc2c(Cl)cccc2Cl)ccc1OCC(=O)OC. The highest BCUT2D eigenvalue weighted by atomic mass is 35.5. The number of benzene rings is 2. The van der Waals surface area contributed by atoms with Crippen molar-refractivity contribution in [2.75, 3.05) is 20.3 Å². The van der Waals surface area contributed by atoms with E-state index in [9.17, 15) is 4.79 Å². The lowest BCUT2D eigenvalue weighted by Crippen LogP contribution is -2.13. The third kappa shape index (κ3) is 6.34. The number of carbonyl (C=O) groups is 1. The smallest absolute Gasteiger partial charge is 0.343 e. The van der Waals surface area contributed by atoms with Crippen molar-refractivity contribution < 1.29 is 19.0 Å². The summed E-state index contributed by atoms with van der Waals surface area (Å²) in [5, 5.41) is 5.33. The summed E-state index contributed by atoms with van der Waals surface area (Å²) in [6.07, 6.45) is 1.64. The van der Waals surface area contributed by atoms with Gasteiger partial charge in [0, 0.05) is 15.6 Å².